The second-order valence-electron chi connectivity index (χ2n) is 8.73. The number of amides is 2. The molecule has 2 amide bonds. The van der Waals surface area contributed by atoms with Gasteiger partial charge in [0.15, 0.2) is 0 Å². The SMILES string of the molecule is Cc1ccc(NC(=O)CN2NC3c4cc(F)ccc4N(Cc4ccccc4F)CC3C2=O)cc1. The molecule has 34 heavy (non-hydrogen) atoms. The predicted octanol–water partition coefficient (Wildman–Crippen LogP) is 3.94. The van der Waals surface area contributed by atoms with E-state index >= 15 is 0 Å². The van der Waals surface area contributed by atoms with Gasteiger partial charge in [-0.05, 0) is 48.9 Å². The van der Waals surface area contributed by atoms with Gasteiger partial charge in [-0.2, -0.15) is 0 Å². The van der Waals surface area contributed by atoms with E-state index < -0.39 is 17.8 Å². The van der Waals surface area contributed by atoms with Gasteiger partial charge in [0.05, 0.1) is 12.0 Å². The van der Waals surface area contributed by atoms with Crippen LogP contribution >= 0.6 is 0 Å². The van der Waals surface area contributed by atoms with Crippen LogP contribution in [0.25, 0.3) is 0 Å². The zero-order chi connectivity index (χ0) is 23.8. The molecule has 3 aromatic rings. The van der Waals surface area contributed by atoms with E-state index in [4.69, 9.17) is 0 Å². The van der Waals surface area contributed by atoms with Crippen molar-refractivity contribution in [2.24, 2.45) is 5.92 Å². The molecule has 0 radical (unpaired) electrons. The van der Waals surface area contributed by atoms with Gasteiger partial charge in [0.25, 0.3) is 0 Å². The summed E-state index contributed by atoms with van der Waals surface area (Å²) in [6, 6.07) is 17.8. The molecule has 0 aromatic heterocycles. The number of nitrogens with one attached hydrogen (secondary N) is 2. The fourth-order valence-electron chi connectivity index (χ4n) is 4.62. The first-order valence-corrected chi connectivity index (χ1v) is 11.1. The maximum absolute atomic E-state index is 14.3. The van der Waals surface area contributed by atoms with Crippen molar-refractivity contribution in [2.45, 2.75) is 19.5 Å². The molecule has 2 heterocycles. The lowest BCUT2D eigenvalue weighted by atomic mass is 9.88. The van der Waals surface area contributed by atoms with Crippen LogP contribution in [-0.4, -0.2) is 29.9 Å². The van der Waals surface area contributed by atoms with Crippen LogP contribution in [0.15, 0.2) is 66.7 Å². The Balaban J connectivity index is 1.36. The van der Waals surface area contributed by atoms with Crippen molar-refractivity contribution in [3.8, 4) is 0 Å². The summed E-state index contributed by atoms with van der Waals surface area (Å²) in [6.07, 6.45) is 0. The highest BCUT2D eigenvalue weighted by molar-refractivity contribution is 5.95. The zero-order valence-electron chi connectivity index (χ0n) is 18.6. The first kappa shape index (κ1) is 22.0. The Bertz CT molecular complexity index is 1250. The lowest BCUT2D eigenvalue weighted by Crippen LogP contribution is -2.41. The van der Waals surface area contributed by atoms with Crippen LogP contribution in [0.3, 0.4) is 0 Å². The number of carbonyl (C=O) groups excluding carboxylic acids is 2. The van der Waals surface area contributed by atoms with E-state index in [1.165, 1.54) is 23.2 Å². The summed E-state index contributed by atoms with van der Waals surface area (Å²) >= 11 is 0. The minimum atomic E-state index is -0.534. The first-order chi connectivity index (χ1) is 16.4. The van der Waals surface area contributed by atoms with Gasteiger partial charge in [0.2, 0.25) is 11.8 Å². The van der Waals surface area contributed by atoms with Gasteiger partial charge in [0.1, 0.15) is 18.2 Å². The summed E-state index contributed by atoms with van der Waals surface area (Å²) in [5.74, 6) is -1.88. The Labute approximate surface area is 196 Å². The molecule has 2 aliphatic heterocycles. The lowest BCUT2D eigenvalue weighted by molar-refractivity contribution is -0.135. The minimum absolute atomic E-state index is 0.183. The molecule has 6 nitrogen and oxygen atoms in total. The zero-order valence-corrected chi connectivity index (χ0v) is 18.6. The average Bonchev–Trinajstić information content (AvgIpc) is 3.12. The van der Waals surface area contributed by atoms with Crippen LogP contribution in [0.2, 0.25) is 0 Å². The normalized spacial score (nSPS) is 19.1. The second-order valence-corrected chi connectivity index (χ2v) is 8.73. The van der Waals surface area contributed by atoms with Crippen molar-refractivity contribution in [1.29, 1.82) is 0 Å². The van der Waals surface area contributed by atoms with Crippen molar-refractivity contribution in [3.63, 3.8) is 0 Å². The molecule has 2 atom stereocenters. The molecule has 1 fully saturated rings. The molecule has 3 aromatic carbocycles. The quantitative estimate of drug-likeness (QED) is 0.603. The molecule has 8 heteroatoms. The van der Waals surface area contributed by atoms with Gasteiger partial charge in [0, 0.05) is 30.0 Å². The molecule has 174 valence electrons. The lowest BCUT2D eigenvalue weighted by Gasteiger charge is -2.36. The van der Waals surface area contributed by atoms with E-state index in [9.17, 15) is 18.4 Å². The van der Waals surface area contributed by atoms with Crippen molar-refractivity contribution in [3.05, 3.63) is 95.1 Å². The van der Waals surface area contributed by atoms with E-state index in [1.807, 2.05) is 24.0 Å². The monoisotopic (exact) mass is 462 g/mol. The Morgan fingerprint density at radius 1 is 1.09 bits per heavy atom. The number of hydrogen-bond donors (Lipinski definition) is 2. The van der Waals surface area contributed by atoms with E-state index in [-0.39, 0.29) is 30.7 Å². The van der Waals surface area contributed by atoms with E-state index in [1.54, 1.807) is 36.4 Å². The second kappa shape index (κ2) is 8.87. The fraction of sp³-hybridized carbons (Fsp3) is 0.231. The maximum atomic E-state index is 14.3. The van der Waals surface area contributed by atoms with Gasteiger partial charge in [-0.15, -0.1) is 0 Å². The van der Waals surface area contributed by atoms with Gasteiger partial charge in [-0.3, -0.25) is 14.6 Å². The number of anilines is 2. The molecule has 1 saturated heterocycles. The first-order valence-electron chi connectivity index (χ1n) is 11.1. The van der Waals surface area contributed by atoms with Gasteiger partial charge in [-0.25, -0.2) is 14.2 Å². The number of carbonyl (C=O) groups is 2. The topological polar surface area (TPSA) is 64.7 Å². The number of hydrogen-bond acceptors (Lipinski definition) is 4. The summed E-state index contributed by atoms with van der Waals surface area (Å²) in [7, 11) is 0. The minimum Gasteiger partial charge on any atom is -0.366 e. The van der Waals surface area contributed by atoms with Crippen LogP contribution in [0.4, 0.5) is 20.2 Å². The number of fused-ring (bicyclic) bond motifs is 3. The third-order valence-corrected chi connectivity index (χ3v) is 6.32. The molecule has 2 N–H and O–H groups in total. The van der Waals surface area contributed by atoms with E-state index in [2.05, 4.69) is 10.7 Å². The Kier molecular flexibility index (Phi) is 5.75. The number of benzene rings is 3. The molecular formula is C26H24F2N4O2. The van der Waals surface area contributed by atoms with Crippen molar-refractivity contribution in [2.75, 3.05) is 23.3 Å². The van der Waals surface area contributed by atoms with Crippen LogP contribution in [0, 0.1) is 24.5 Å². The molecule has 0 bridgehead atoms. The third kappa shape index (κ3) is 4.24. The van der Waals surface area contributed by atoms with Crippen LogP contribution < -0.4 is 15.6 Å². The van der Waals surface area contributed by atoms with Crippen molar-refractivity contribution < 1.29 is 18.4 Å². The van der Waals surface area contributed by atoms with E-state index in [0.29, 0.717) is 23.4 Å². The summed E-state index contributed by atoms with van der Waals surface area (Å²) in [4.78, 5) is 27.7. The van der Waals surface area contributed by atoms with Gasteiger partial charge < -0.3 is 10.2 Å². The molecular weight excluding hydrogens is 438 g/mol. The predicted molar refractivity (Wildman–Crippen MR) is 125 cm³/mol. The van der Waals surface area contributed by atoms with Crippen LogP contribution in [0.1, 0.15) is 22.7 Å². The van der Waals surface area contributed by atoms with Crippen LogP contribution in [0.5, 0.6) is 0 Å². The molecule has 2 aliphatic rings. The van der Waals surface area contributed by atoms with Gasteiger partial charge in [-0.1, -0.05) is 35.9 Å². The standard InChI is InChI=1S/C26H24F2N4O2/c1-16-6-9-19(10-7-16)29-24(33)15-32-26(34)21-14-31(13-17-4-2-3-5-22(17)28)23-11-8-18(27)12-20(23)25(21)30-32/h2-12,21,25,30H,13-15H2,1H3,(H,29,33). The molecule has 5 rings (SSSR count). The molecule has 0 saturated carbocycles. The summed E-state index contributed by atoms with van der Waals surface area (Å²) < 4.78 is 28.5. The summed E-state index contributed by atoms with van der Waals surface area (Å²) in [6.45, 7) is 2.34. The Morgan fingerprint density at radius 2 is 1.85 bits per heavy atom. The number of nitrogens with zero attached hydrogens (tertiary/aromatic N) is 2. The number of hydrazine groups is 1. The number of halogens is 2. The molecule has 0 spiro atoms. The molecule has 2 unspecified atom stereocenters. The largest absolute Gasteiger partial charge is 0.366 e. The summed E-state index contributed by atoms with van der Waals surface area (Å²) in [5.41, 5.74) is 6.66. The average molecular weight is 463 g/mol. The van der Waals surface area contributed by atoms with Crippen LogP contribution in [-0.2, 0) is 16.1 Å². The highest BCUT2D eigenvalue weighted by Crippen LogP contribution is 2.42. The highest BCUT2D eigenvalue weighted by atomic mass is 19.1. The number of aryl methyl sites for hydroxylation is 1. The van der Waals surface area contributed by atoms with E-state index in [0.717, 1.165) is 11.3 Å². The highest BCUT2D eigenvalue weighted by Gasteiger charge is 2.46. The third-order valence-electron chi connectivity index (χ3n) is 6.32. The van der Waals surface area contributed by atoms with Crippen molar-refractivity contribution >= 4 is 23.2 Å². The molecule has 0 aliphatic carbocycles. The smallest absolute Gasteiger partial charge is 0.245 e. The Hall–Kier alpha value is -3.78. The maximum Gasteiger partial charge on any atom is 0.245 e. The fourth-order valence-corrected chi connectivity index (χ4v) is 4.62. The number of rotatable bonds is 5. The Morgan fingerprint density at radius 3 is 2.62 bits per heavy atom. The van der Waals surface area contributed by atoms with Gasteiger partial charge >= 0.3 is 0 Å². The summed E-state index contributed by atoms with van der Waals surface area (Å²) in [5, 5.41) is 4.08. The van der Waals surface area contributed by atoms with Crippen molar-refractivity contribution in [1.82, 2.24) is 10.4 Å².